The fourth-order valence-electron chi connectivity index (χ4n) is 3.94. The molecule has 0 spiro atoms. The highest BCUT2D eigenvalue weighted by Gasteiger charge is 2.29. The van der Waals surface area contributed by atoms with E-state index in [0.717, 1.165) is 0 Å². The number of carbonyl (C=O) groups excluding carboxylic acids is 1. The van der Waals surface area contributed by atoms with Crippen molar-refractivity contribution in [2.45, 2.75) is 19.8 Å². The van der Waals surface area contributed by atoms with Gasteiger partial charge in [0, 0.05) is 17.3 Å². The summed E-state index contributed by atoms with van der Waals surface area (Å²) in [5.74, 6) is -0.289. The lowest BCUT2D eigenvalue weighted by molar-refractivity contribution is 0.0729. The van der Waals surface area contributed by atoms with Gasteiger partial charge in [0.05, 0.1) is 30.9 Å². The molecule has 0 radical (unpaired) electrons. The molecule has 0 aliphatic heterocycles. The average Bonchev–Trinajstić information content (AvgIpc) is 3.35. The summed E-state index contributed by atoms with van der Waals surface area (Å²) in [5.41, 5.74) is 2.24. The number of ether oxygens (including phenoxy) is 3. The first-order chi connectivity index (χ1) is 16.3. The molecule has 4 N–H and O–H groups in total. The van der Waals surface area contributed by atoms with E-state index in [0.29, 0.717) is 39.4 Å². The fraction of sp³-hybridized carbons (Fsp3) is 0.208. The number of esters is 1. The van der Waals surface area contributed by atoms with Crippen molar-refractivity contribution in [3.63, 3.8) is 0 Å². The predicted octanol–water partition coefficient (Wildman–Crippen LogP) is 2.75. The minimum atomic E-state index is -0.693. The third-order valence-corrected chi connectivity index (χ3v) is 5.63. The molecule has 2 aromatic heterocycles. The fourth-order valence-corrected chi connectivity index (χ4v) is 3.94. The Morgan fingerprint density at radius 2 is 1.44 bits per heavy atom. The van der Waals surface area contributed by atoms with Gasteiger partial charge in [-0.05, 0) is 49.7 Å². The normalized spacial score (nSPS) is 11.0. The Labute approximate surface area is 193 Å². The van der Waals surface area contributed by atoms with Gasteiger partial charge in [-0.3, -0.25) is 19.8 Å². The van der Waals surface area contributed by atoms with E-state index >= 15 is 0 Å². The predicted molar refractivity (Wildman–Crippen MR) is 124 cm³/mol. The Morgan fingerprint density at radius 3 is 1.97 bits per heavy atom. The van der Waals surface area contributed by atoms with E-state index in [-0.39, 0.29) is 22.6 Å². The van der Waals surface area contributed by atoms with Crippen molar-refractivity contribution in [2.24, 2.45) is 0 Å². The number of nitrogens with one attached hydrogen (secondary N) is 4. The Bertz CT molecular complexity index is 1400. The van der Waals surface area contributed by atoms with Crippen LogP contribution in [0.2, 0.25) is 0 Å². The minimum Gasteiger partial charge on any atom is -0.497 e. The maximum atomic E-state index is 12.7. The van der Waals surface area contributed by atoms with E-state index in [1.165, 1.54) is 14.2 Å². The molecule has 0 bridgehead atoms. The SMILES string of the molecule is COc1cccc(C(=O)Oc2ccc(C(c3c(C)[nH][nH]c3=O)c3c(C)[nH][nH]c3=O)cc2OC)c1. The van der Waals surface area contributed by atoms with E-state index in [4.69, 9.17) is 14.2 Å². The quantitative estimate of drug-likeness (QED) is 0.245. The smallest absolute Gasteiger partial charge is 0.343 e. The first-order valence-corrected chi connectivity index (χ1v) is 10.4. The molecule has 2 heterocycles. The van der Waals surface area contributed by atoms with Crippen molar-refractivity contribution in [3.8, 4) is 17.2 Å². The molecule has 0 unspecified atom stereocenters. The minimum absolute atomic E-state index is 0.192. The number of rotatable bonds is 7. The molecule has 10 nitrogen and oxygen atoms in total. The molecule has 0 atom stereocenters. The highest BCUT2D eigenvalue weighted by molar-refractivity contribution is 5.91. The maximum absolute atomic E-state index is 12.7. The molecule has 4 rings (SSSR count). The van der Waals surface area contributed by atoms with Gasteiger partial charge in [-0.1, -0.05) is 12.1 Å². The zero-order valence-electron chi connectivity index (χ0n) is 19.1. The molecular formula is C24H24N4O6. The second-order valence-corrected chi connectivity index (χ2v) is 7.70. The van der Waals surface area contributed by atoms with Crippen molar-refractivity contribution in [1.29, 1.82) is 0 Å². The monoisotopic (exact) mass is 464 g/mol. The van der Waals surface area contributed by atoms with E-state index in [1.807, 2.05) is 0 Å². The van der Waals surface area contributed by atoms with Crippen LogP contribution in [-0.2, 0) is 0 Å². The number of aromatic amines is 4. The number of benzene rings is 2. The summed E-state index contributed by atoms with van der Waals surface area (Å²) in [4.78, 5) is 37.9. The lowest BCUT2D eigenvalue weighted by Crippen LogP contribution is -2.20. The molecule has 0 saturated heterocycles. The molecule has 176 valence electrons. The molecule has 34 heavy (non-hydrogen) atoms. The largest absolute Gasteiger partial charge is 0.497 e. The van der Waals surface area contributed by atoms with E-state index in [1.54, 1.807) is 56.3 Å². The Kier molecular flexibility index (Phi) is 6.13. The van der Waals surface area contributed by atoms with Crippen molar-refractivity contribution in [3.05, 3.63) is 96.8 Å². The van der Waals surface area contributed by atoms with Crippen molar-refractivity contribution in [2.75, 3.05) is 14.2 Å². The number of hydrogen-bond donors (Lipinski definition) is 4. The average molecular weight is 464 g/mol. The molecule has 0 aliphatic carbocycles. The van der Waals surface area contributed by atoms with Crippen LogP contribution in [0.1, 0.15) is 44.4 Å². The molecular weight excluding hydrogens is 440 g/mol. The maximum Gasteiger partial charge on any atom is 0.343 e. The standard InChI is InChI=1S/C24H24N4O6/c1-12-19(22(29)27-25-12)21(20-13(2)26-28-23(20)30)14-8-9-17(18(11-14)33-4)34-24(31)15-6-5-7-16(10-15)32-3/h5-11,21H,1-4H3,(H2,25,27,29)(H2,26,28,30). The number of methoxy groups -OCH3 is 2. The zero-order valence-corrected chi connectivity index (χ0v) is 19.1. The molecule has 4 aromatic rings. The van der Waals surface area contributed by atoms with E-state index in [9.17, 15) is 14.4 Å². The van der Waals surface area contributed by atoms with Crippen molar-refractivity contribution < 1.29 is 19.0 Å². The highest BCUT2D eigenvalue weighted by Crippen LogP contribution is 2.37. The van der Waals surface area contributed by atoms with Crippen LogP contribution >= 0.6 is 0 Å². The summed E-state index contributed by atoms with van der Waals surface area (Å²) in [5, 5.41) is 10.8. The molecule has 0 saturated carbocycles. The van der Waals surface area contributed by atoms with Gasteiger partial charge < -0.3 is 24.4 Å². The third kappa shape index (κ3) is 4.13. The van der Waals surface area contributed by atoms with Gasteiger partial charge in [0.25, 0.3) is 11.1 Å². The molecule has 0 amide bonds. The Balaban J connectivity index is 1.77. The second kappa shape index (κ2) is 9.18. The van der Waals surface area contributed by atoms with Crippen molar-refractivity contribution in [1.82, 2.24) is 20.4 Å². The summed E-state index contributed by atoms with van der Waals surface area (Å²) in [7, 11) is 2.96. The van der Waals surface area contributed by atoms with Crippen LogP contribution in [-0.4, -0.2) is 40.6 Å². The van der Waals surface area contributed by atoms with Crippen molar-refractivity contribution >= 4 is 5.97 Å². The van der Waals surface area contributed by atoms with Crippen LogP contribution in [0.5, 0.6) is 17.2 Å². The summed E-state index contributed by atoms with van der Waals surface area (Å²) in [6, 6.07) is 11.5. The summed E-state index contributed by atoms with van der Waals surface area (Å²) in [6.07, 6.45) is 0. The van der Waals surface area contributed by atoms with Gasteiger partial charge in [0.1, 0.15) is 5.75 Å². The van der Waals surface area contributed by atoms with Crippen LogP contribution in [0.3, 0.4) is 0 Å². The van der Waals surface area contributed by atoms with Crippen LogP contribution in [0, 0.1) is 13.8 Å². The van der Waals surface area contributed by atoms with E-state index < -0.39 is 11.9 Å². The Morgan fingerprint density at radius 1 is 0.794 bits per heavy atom. The molecule has 10 heteroatoms. The van der Waals surface area contributed by atoms with Crippen LogP contribution < -0.4 is 25.3 Å². The number of aryl methyl sites for hydroxylation is 2. The van der Waals surface area contributed by atoms with E-state index in [2.05, 4.69) is 20.4 Å². The van der Waals surface area contributed by atoms with Gasteiger partial charge in [-0.2, -0.15) is 0 Å². The van der Waals surface area contributed by atoms with Crippen LogP contribution in [0.15, 0.2) is 52.1 Å². The lowest BCUT2D eigenvalue weighted by Gasteiger charge is -2.18. The number of hydrogen-bond acceptors (Lipinski definition) is 6. The van der Waals surface area contributed by atoms with Gasteiger partial charge in [-0.25, -0.2) is 4.79 Å². The van der Waals surface area contributed by atoms with Crippen LogP contribution in [0.4, 0.5) is 0 Å². The zero-order chi connectivity index (χ0) is 24.4. The summed E-state index contributed by atoms with van der Waals surface area (Å²) < 4.78 is 16.2. The number of aromatic nitrogens is 4. The molecule has 2 aromatic carbocycles. The first kappa shape index (κ1) is 22.7. The topological polar surface area (TPSA) is 142 Å². The summed E-state index contributed by atoms with van der Waals surface area (Å²) >= 11 is 0. The Hall–Kier alpha value is -4.47. The lowest BCUT2D eigenvalue weighted by atomic mass is 9.85. The highest BCUT2D eigenvalue weighted by atomic mass is 16.6. The number of carbonyl (C=O) groups is 1. The van der Waals surface area contributed by atoms with Gasteiger partial charge in [0.2, 0.25) is 0 Å². The molecule has 0 fully saturated rings. The van der Waals surface area contributed by atoms with Crippen LogP contribution in [0.25, 0.3) is 0 Å². The third-order valence-electron chi connectivity index (χ3n) is 5.63. The van der Waals surface area contributed by atoms with Gasteiger partial charge >= 0.3 is 5.97 Å². The number of H-pyrrole nitrogens is 4. The summed E-state index contributed by atoms with van der Waals surface area (Å²) in [6.45, 7) is 3.50. The molecule has 0 aliphatic rings. The first-order valence-electron chi connectivity index (χ1n) is 10.4. The second-order valence-electron chi connectivity index (χ2n) is 7.70. The van der Waals surface area contributed by atoms with Gasteiger partial charge in [-0.15, -0.1) is 0 Å². The van der Waals surface area contributed by atoms with Gasteiger partial charge in [0.15, 0.2) is 11.5 Å².